The zero-order valence-electron chi connectivity index (χ0n) is 21.7. The van der Waals surface area contributed by atoms with E-state index in [0.29, 0.717) is 39.3 Å². The van der Waals surface area contributed by atoms with Gasteiger partial charge < -0.3 is 24.2 Å². The lowest BCUT2D eigenvalue weighted by Gasteiger charge is -2.25. The van der Waals surface area contributed by atoms with Gasteiger partial charge in [-0.1, -0.05) is 36.4 Å². The number of carbonyl (C=O) groups excluding carboxylic acids is 1. The van der Waals surface area contributed by atoms with E-state index in [1.165, 1.54) is 12.1 Å². The standard InChI is InChI=1S/C30H25F2N2O5/c1-16-9-14-25(37-18(3)19-10-12-20(13-11-19)38-30(31)32)26-22(29(35)34(4)36)15-23(33-27(16)26)28-17(2)21-7-5-6-8-24(21)39-28/h5-15,18,30H,1-4H3/q-1/t18-/m1/s1. The molecule has 0 aliphatic carbocycles. The highest BCUT2D eigenvalue weighted by atomic mass is 19.3. The number of fused-ring (bicyclic) bond motifs is 2. The van der Waals surface area contributed by atoms with Gasteiger partial charge in [0.1, 0.15) is 28.9 Å². The zero-order valence-corrected chi connectivity index (χ0v) is 21.7. The normalized spacial score (nSPS) is 12.2. The molecule has 0 N–H and O–H groups in total. The van der Waals surface area contributed by atoms with Crippen LogP contribution in [0.25, 0.3) is 33.3 Å². The summed E-state index contributed by atoms with van der Waals surface area (Å²) in [6.07, 6.45) is -0.526. The van der Waals surface area contributed by atoms with Crippen molar-refractivity contribution >= 4 is 27.8 Å². The summed E-state index contributed by atoms with van der Waals surface area (Å²) < 4.78 is 41.8. The largest absolute Gasteiger partial charge is 0.756 e. The Hall–Kier alpha value is -4.50. The first kappa shape index (κ1) is 26.1. The van der Waals surface area contributed by atoms with E-state index in [2.05, 4.69) is 4.74 Å². The summed E-state index contributed by atoms with van der Waals surface area (Å²) in [4.78, 5) is 18.0. The smallest absolute Gasteiger partial charge is 0.387 e. The summed E-state index contributed by atoms with van der Waals surface area (Å²) in [5, 5.41) is 13.8. The van der Waals surface area contributed by atoms with Crippen molar-refractivity contribution in [2.75, 3.05) is 7.05 Å². The SMILES string of the molecule is Cc1c(-c2cc(C(=O)N(C)[O-])c3c(O[C@H](C)c4ccc(OC(F)F)cc4)ccc(C)c3n2)oc2ccccc12. The molecule has 1 atom stereocenters. The molecular weight excluding hydrogens is 506 g/mol. The number of furan rings is 1. The Balaban J connectivity index is 1.63. The van der Waals surface area contributed by atoms with Crippen LogP contribution in [0.1, 0.15) is 40.1 Å². The van der Waals surface area contributed by atoms with Crippen molar-refractivity contribution in [3.63, 3.8) is 0 Å². The topological polar surface area (TPSA) is 87.9 Å². The Bertz CT molecular complexity index is 1680. The number of halogens is 2. The summed E-state index contributed by atoms with van der Waals surface area (Å²) in [6.45, 7) is 2.64. The maximum absolute atomic E-state index is 13.2. The summed E-state index contributed by atoms with van der Waals surface area (Å²) in [7, 11) is 1.14. The van der Waals surface area contributed by atoms with Crippen LogP contribution < -0.4 is 9.47 Å². The molecule has 0 aliphatic rings. The number of ether oxygens (including phenoxy) is 2. The first-order chi connectivity index (χ1) is 18.6. The van der Waals surface area contributed by atoms with E-state index in [1.807, 2.05) is 44.2 Å². The number of aromatic nitrogens is 1. The summed E-state index contributed by atoms with van der Waals surface area (Å²) in [5.41, 5.74) is 4.06. The van der Waals surface area contributed by atoms with Crippen molar-refractivity contribution in [2.45, 2.75) is 33.5 Å². The number of pyridine rings is 1. The Labute approximate surface area is 223 Å². The van der Waals surface area contributed by atoms with Gasteiger partial charge in [-0.2, -0.15) is 8.78 Å². The van der Waals surface area contributed by atoms with Crippen LogP contribution in [-0.2, 0) is 0 Å². The number of hydrogen-bond donors (Lipinski definition) is 0. The van der Waals surface area contributed by atoms with E-state index in [-0.39, 0.29) is 16.4 Å². The van der Waals surface area contributed by atoms with Gasteiger partial charge in [-0.25, -0.2) is 4.98 Å². The molecule has 0 saturated heterocycles. The van der Waals surface area contributed by atoms with Crippen molar-refractivity contribution < 1.29 is 27.5 Å². The van der Waals surface area contributed by atoms with Crippen molar-refractivity contribution in [2.24, 2.45) is 0 Å². The molecule has 5 aromatic rings. The average Bonchev–Trinajstić information content (AvgIpc) is 3.25. The van der Waals surface area contributed by atoms with Gasteiger partial charge in [0.15, 0.2) is 5.76 Å². The van der Waals surface area contributed by atoms with Crippen LogP contribution in [0.4, 0.5) is 8.78 Å². The van der Waals surface area contributed by atoms with Crippen LogP contribution in [-0.4, -0.2) is 29.6 Å². The third kappa shape index (κ3) is 5.00. The van der Waals surface area contributed by atoms with Crippen molar-refractivity contribution in [1.29, 1.82) is 0 Å². The second-order valence-corrected chi connectivity index (χ2v) is 9.22. The van der Waals surface area contributed by atoms with Crippen LogP contribution in [0.3, 0.4) is 0 Å². The minimum absolute atomic E-state index is 0.0331. The Kier molecular flexibility index (Phi) is 6.93. The molecule has 3 aromatic carbocycles. The number of para-hydroxylation sites is 1. The number of benzene rings is 3. The van der Waals surface area contributed by atoms with E-state index in [0.717, 1.165) is 23.6 Å². The lowest BCUT2D eigenvalue weighted by atomic mass is 10.0. The number of aryl methyl sites for hydroxylation is 2. The second-order valence-electron chi connectivity index (χ2n) is 9.22. The quantitative estimate of drug-likeness (QED) is 0.201. The molecule has 200 valence electrons. The van der Waals surface area contributed by atoms with Crippen molar-refractivity contribution in [3.8, 4) is 23.0 Å². The average molecular weight is 532 g/mol. The molecule has 0 aliphatic heterocycles. The maximum Gasteiger partial charge on any atom is 0.387 e. The third-order valence-electron chi connectivity index (χ3n) is 6.60. The predicted octanol–water partition coefficient (Wildman–Crippen LogP) is 7.58. The highest BCUT2D eigenvalue weighted by molar-refractivity contribution is 6.10. The maximum atomic E-state index is 13.2. The molecule has 9 heteroatoms. The molecule has 5 rings (SSSR count). The van der Waals surface area contributed by atoms with Gasteiger partial charge in [0.25, 0.3) is 0 Å². The molecule has 0 fully saturated rings. The fraction of sp³-hybridized carbons (Fsp3) is 0.200. The number of alkyl halides is 2. The number of hydroxylamine groups is 2. The Morgan fingerprint density at radius 3 is 2.41 bits per heavy atom. The van der Waals surface area contributed by atoms with E-state index < -0.39 is 18.6 Å². The highest BCUT2D eigenvalue weighted by Gasteiger charge is 2.23. The number of amides is 1. The molecule has 0 bridgehead atoms. The van der Waals surface area contributed by atoms with Crippen LogP contribution in [0.2, 0.25) is 0 Å². The minimum Gasteiger partial charge on any atom is -0.756 e. The number of nitrogens with zero attached hydrogens (tertiary/aromatic N) is 2. The first-order valence-corrected chi connectivity index (χ1v) is 12.2. The van der Waals surface area contributed by atoms with E-state index in [1.54, 1.807) is 31.2 Å². The van der Waals surface area contributed by atoms with Gasteiger partial charge >= 0.3 is 6.61 Å². The van der Waals surface area contributed by atoms with Gasteiger partial charge in [0, 0.05) is 10.9 Å². The zero-order chi connectivity index (χ0) is 27.8. The molecule has 2 heterocycles. The van der Waals surface area contributed by atoms with Crippen LogP contribution in [0, 0.1) is 19.1 Å². The fourth-order valence-electron chi connectivity index (χ4n) is 4.59. The Morgan fingerprint density at radius 1 is 1.03 bits per heavy atom. The summed E-state index contributed by atoms with van der Waals surface area (Å²) in [6, 6.07) is 18.8. The molecule has 2 aromatic heterocycles. The molecule has 0 unspecified atom stereocenters. The van der Waals surface area contributed by atoms with Crippen LogP contribution in [0.5, 0.6) is 11.5 Å². The molecule has 7 nitrogen and oxygen atoms in total. The fourth-order valence-corrected chi connectivity index (χ4v) is 4.59. The van der Waals surface area contributed by atoms with Gasteiger partial charge in [-0.15, -0.1) is 0 Å². The molecule has 39 heavy (non-hydrogen) atoms. The van der Waals surface area contributed by atoms with Crippen LogP contribution >= 0.6 is 0 Å². The van der Waals surface area contributed by atoms with Gasteiger partial charge in [-0.05, 0) is 69.3 Å². The number of rotatable bonds is 7. The van der Waals surface area contributed by atoms with Gasteiger partial charge in [-0.3, -0.25) is 4.79 Å². The summed E-state index contributed by atoms with van der Waals surface area (Å²) in [5.74, 6) is 0.132. The van der Waals surface area contributed by atoms with E-state index in [9.17, 15) is 18.8 Å². The molecule has 0 spiro atoms. The third-order valence-corrected chi connectivity index (χ3v) is 6.60. The van der Waals surface area contributed by atoms with Gasteiger partial charge in [0.05, 0.1) is 16.5 Å². The molecular formula is C30H25F2N2O5-. The highest BCUT2D eigenvalue weighted by Crippen LogP contribution is 2.38. The monoisotopic (exact) mass is 531 g/mol. The number of hydrogen-bond acceptors (Lipinski definition) is 6. The van der Waals surface area contributed by atoms with Crippen molar-refractivity contribution in [1.82, 2.24) is 10.0 Å². The Morgan fingerprint density at radius 2 is 1.74 bits per heavy atom. The van der Waals surface area contributed by atoms with E-state index in [4.69, 9.17) is 14.1 Å². The van der Waals surface area contributed by atoms with Crippen LogP contribution in [0.15, 0.2) is 71.1 Å². The molecule has 0 saturated carbocycles. The van der Waals surface area contributed by atoms with Gasteiger partial charge in [0.2, 0.25) is 5.91 Å². The molecule has 0 radical (unpaired) electrons. The lowest BCUT2D eigenvalue weighted by Crippen LogP contribution is -2.21. The first-order valence-electron chi connectivity index (χ1n) is 12.2. The number of carbonyl (C=O) groups is 1. The van der Waals surface area contributed by atoms with E-state index >= 15 is 0 Å². The van der Waals surface area contributed by atoms with Crippen molar-refractivity contribution in [3.05, 3.63) is 94.2 Å². The predicted molar refractivity (Wildman–Crippen MR) is 144 cm³/mol. The lowest BCUT2D eigenvalue weighted by molar-refractivity contribution is -0.0498. The second kappa shape index (κ2) is 10.3. The summed E-state index contributed by atoms with van der Waals surface area (Å²) >= 11 is 0. The molecule has 1 amide bonds. The minimum atomic E-state index is -2.92.